The van der Waals surface area contributed by atoms with Crippen molar-refractivity contribution in [3.8, 4) is 0 Å². The molecule has 0 bridgehead atoms. The van der Waals surface area contributed by atoms with E-state index < -0.39 is 5.82 Å². The standard InChI is InChI=1S/C22H22FN3O2/c23-18-6-7-20-19(14-18)21(27)8-9-26(20)16-22(28)25-12-10-24(11-13-25)15-17-4-2-1-3-5-17/h1-9,14H,10-13,15-16H2. The molecule has 1 fully saturated rings. The van der Waals surface area contributed by atoms with Crippen molar-refractivity contribution in [2.24, 2.45) is 0 Å². The number of carbonyl (C=O) groups excluding carboxylic acids is 1. The number of aromatic nitrogens is 1. The lowest BCUT2D eigenvalue weighted by molar-refractivity contribution is -0.133. The van der Waals surface area contributed by atoms with Gasteiger partial charge in [0.15, 0.2) is 5.43 Å². The molecule has 5 nitrogen and oxygen atoms in total. The minimum absolute atomic E-state index is 0.00800. The summed E-state index contributed by atoms with van der Waals surface area (Å²) < 4.78 is 15.2. The molecule has 1 amide bonds. The molecule has 3 aromatic rings. The van der Waals surface area contributed by atoms with Crippen LogP contribution in [0.15, 0.2) is 65.6 Å². The zero-order valence-corrected chi connectivity index (χ0v) is 15.6. The molecule has 1 aromatic heterocycles. The summed E-state index contributed by atoms with van der Waals surface area (Å²) in [5.41, 5.74) is 1.60. The summed E-state index contributed by atoms with van der Waals surface area (Å²) in [4.78, 5) is 28.9. The first-order valence-electron chi connectivity index (χ1n) is 9.43. The molecule has 0 unspecified atom stereocenters. The van der Waals surface area contributed by atoms with Gasteiger partial charge in [0.1, 0.15) is 12.4 Å². The Bertz CT molecular complexity index is 1040. The van der Waals surface area contributed by atoms with Gasteiger partial charge in [-0.3, -0.25) is 14.5 Å². The largest absolute Gasteiger partial charge is 0.339 e. The Morgan fingerprint density at radius 1 is 0.964 bits per heavy atom. The molecule has 0 N–H and O–H groups in total. The van der Waals surface area contributed by atoms with Gasteiger partial charge in [0, 0.05) is 50.4 Å². The van der Waals surface area contributed by atoms with Crippen LogP contribution in [0, 0.1) is 5.82 Å². The van der Waals surface area contributed by atoms with Crippen LogP contribution >= 0.6 is 0 Å². The molecular formula is C22H22FN3O2. The van der Waals surface area contributed by atoms with Gasteiger partial charge in [0.05, 0.1) is 5.52 Å². The lowest BCUT2D eigenvalue weighted by Gasteiger charge is -2.35. The van der Waals surface area contributed by atoms with Crippen LogP contribution in [-0.4, -0.2) is 46.5 Å². The first kappa shape index (κ1) is 18.4. The number of nitrogens with zero attached hydrogens (tertiary/aromatic N) is 3. The van der Waals surface area contributed by atoms with Crippen molar-refractivity contribution in [1.82, 2.24) is 14.4 Å². The number of halogens is 1. The van der Waals surface area contributed by atoms with Crippen molar-refractivity contribution >= 4 is 16.8 Å². The topological polar surface area (TPSA) is 45.6 Å². The first-order valence-corrected chi connectivity index (χ1v) is 9.43. The highest BCUT2D eigenvalue weighted by Gasteiger charge is 2.21. The number of hydrogen-bond acceptors (Lipinski definition) is 3. The van der Waals surface area contributed by atoms with Crippen molar-refractivity contribution in [3.05, 3.63) is 82.4 Å². The molecule has 6 heteroatoms. The van der Waals surface area contributed by atoms with E-state index in [4.69, 9.17) is 0 Å². The summed E-state index contributed by atoms with van der Waals surface area (Å²) in [6.45, 7) is 4.05. The normalized spacial score (nSPS) is 15.1. The van der Waals surface area contributed by atoms with Gasteiger partial charge >= 0.3 is 0 Å². The number of amides is 1. The number of fused-ring (bicyclic) bond motifs is 1. The molecule has 2 aromatic carbocycles. The Morgan fingerprint density at radius 3 is 2.46 bits per heavy atom. The maximum atomic E-state index is 13.5. The summed E-state index contributed by atoms with van der Waals surface area (Å²) >= 11 is 0. The van der Waals surface area contributed by atoms with E-state index in [0.29, 0.717) is 24.0 Å². The molecule has 144 valence electrons. The van der Waals surface area contributed by atoms with E-state index >= 15 is 0 Å². The molecule has 0 spiro atoms. The van der Waals surface area contributed by atoms with Crippen LogP contribution in [0.3, 0.4) is 0 Å². The highest BCUT2D eigenvalue weighted by Crippen LogP contribution is 2.14. The van der Waals surface area contributed by atoms with Crippen LogP contribution < -0.4 is 5.43 Å². The minimum atomic E-state index is -0.455. The Balaban J connectivity index is 1.41. The van der Waals surface area contributed by atoms with Gasteiger partial charge in [-0.05, 0) is 23.8 Å². The summed E-state index contributed by atoms with van der Waals surface area (Å²) in [7, 11) is 0. The summed E-state index contributed by atoms with van der Waals surface area (Å²) in [6.07, 6.45) is 1.60. The number of pyridine rings is 1. The van der Waals surface area contributed by atoms with Gasteiger partial charge in [-0.15, -0.1) is 0 Å². The number of benzene rings is 2. The highest BCUT2D eigenvalue weighted by molar-refractivity contribution is 5.82. The van der Waals surface area contributed by atoms with Crippen LogP contribution in [-0.2, 0) is 17.9 Å². The second kappa shape index (κ2) is 7.94. The fourth-order valence-corrected chi connectivity index (χ4v) is 3.66. The number of hydrogen-bond donors (Lipinski definition) is 0. The number of carbonyl (C=O) groups is 1. The van der Waals surface area contributed by atoms with Crippen LogP contribution in [0.5, 0.6) is 0 Å². The van der Waals surface area contributed by atoms with Gasteiger partial charge in [0.25, 0.3) is 0 Å². The Hall–Kier alpha value is -2.99. The summed E-state index contributed by atoms with van der Waals surface area (Å²) in [5.74, 6) is -0.447. The third kappa shape index (κ3) is 3.97. The third-order valence-electron chi connectivity index (χ3n) is 5.22. The Kier molecular flexibility index (Phi) is 5.21. The van der Waals surface area contributed by atoms with Crippen LogP contribution in [0.2, 0.25) is 0 Å². The molecular weight excluding hydrogens is 357 g/mol. The summed E-state index contributed by atoms with van der Waals surface area (Å²) in [5, 5.41) is 0.294. The predicted molar refractivity (Wildman–Crippen MR) is 106 cm³/mol. The molecule has 0 aliphatic carbocycles. The molecule has 0 radical (unpaired) electrons. The molecule has 1 saturated heterocycles. The fraction of sp³-hybridized carbons (Fsp3) is 0.273. The first-order chi connectivity index (χ1) is 13.6. The van der Waals surface area contributed by atoms with E-state index in [1.54, 1.807) is 16.8 Å². The maximum absolute atomic E-state index is 13.5. The second-order valence-electron chi connectivity index (χ2n) is 7.11. The zero-order chi connectivity index (χ0) is 19.5. The third-order valence-corrected chi connectivity index (χ3v) is 5.22. The van der Waals surface area contributed by atoms with Gasteiger partial charge in [-0.25, -0.2) is 4.39 Å². The van der Waals surface area contributed by atoms with Gasteiger partial charge in [-0.1, -0.05) is 30.3 Å². The van der Waals surface area contributed by atoms with Crippen LogP contribution in [0.25, 0.3) is 10.9 Å². The maximum Gasteiger partial charge on any atom is 0.242 e. The van der Waals surface area contributed by atoms with Crippen LogP contribution in [0.4, 0.5) is 4.39 Å². The molecule has 2 heterocycles. The number of piperazine rings is 1. The van der Waals surface area contributed by atoms with E-state index in [-0.39, 0.29) is 17.9 Å². The van der Waals surface area contributed by atoms with Gasteiger partial charge < -0.3 is 9.47 Å². The Morgan fingerprint density at radius 2 is 1.71 bits per heavy atom. The lowest BCUT2D eigenvalue weighted by Crippen LogP contribution is -2.49. The minimum Gasteiger partial charge on any atom is -0.339 e. The van der Waals surface area contributed by atoms with Gasteiger partial charge in [0.2, 0.25) is 5.91 Å². The lowest BCUT2D eigenvalue weighted by atomic mass is 10.2. The second-order valence-corrected chi connectivity index (χ2v) is 7.11. The molecule has 0 atom stereocenters. The smallest absolute Gasteiger partial charge is 0.242 e. The van der Waals surface area contributed by atoms with Gasteiger partial charge in [-0.2, -0.15) is 0 Å². The van der Waals surface area contributed by atoms with Crippen molar-refractivity contribution in [2.75, 3.05) is 26.2 Å². The molecule has 1 aliphatic heterocycles. The summed E-state index contributed by atoms with van der Waals surface area (Å²) in [6, 6.07) is 15.8. The Labute approximate surface area is 162 Å². The van der Waals surface area contributed by atoms with Crippen molar-refractivity contribution in [2.45, 2.75) is 13.1 Å². The van der Waals surface area contributed by atoms with E-state index in [1.165, 1.54) is 23.8 Å². The molecule has 28 heavy (non-hydrogen) atoms. The van der Waals surface area contributed by atoms with Crippen molar-refractivity contribution < 1.29 is 9.18 Å². The zero-order valence-electron chi connectivity index (χ0n) is 15.6. The average molecular weight is 379 g/mol. The fourth-order valence-electron chi connectivity index (χ4n) is 3.66. The average Bonchev–Trinajstić information content (AvgIpc) is 2.71. The van der Waals surface area contributed by atoms with Crippen LogP contribution in [0.1, 0.15) is 5.56 Å². The van der Waals surface area contributed by atoms with Crippen molar-refractivity contribution in [3.63, 3.8) is 0 Å². The SMILES string of the molecule is O=C(Cn1ccc(=O)c2cc(F)ccc21)N1CCN(Cc2ccccc2)CC1. The highest BCUT2D eigenvalue weighted by atomic mass is 19.1. The van der Waals surface area contributed by atoms with Crippen molar-refractivity contribution in [1.29, 1.82) is 0 Å². The monoisotopic (exact) mass is 379 g/mol. The number of rotatable bonds is 4. The quantitative estimate of drug-likeness (QED) is 0.700. The predicted octanol–water partition coefficient (Wildman–Crippen LogP) is 2.49. The molecule has 0 saturated carbocycles. The van der Waals surface area contributed by atoms with E-state index in [0.717, 1.165) is 19.6 Å². The van der Waals surface area contributed by atoms with E-state index in [2.05, 4.69) is 17.0 Å². The van der Waals surface area contributed by atoms with E-state index in [1.807, 2.05) is 23.1 Å². The van der Waals surface area contributed by atoms with E-state index in [9.17, 15) is 14.0 Å². The molecule has 1 aliphatic rings. The molecule has 4 rings (SSSR count).